The highest BCUT2D eigenvalue weighted by atomic mass is 19.1. The van der Waals surface area contributed by atoms with Crippen molar-refractivity contribution in [2.24, 2.45) is 28.6 Å². The Balaban J connectivity index is 1.56. The minimum atomic E-state index is -2.32. The molecule has 3 fully saturated rings. The molecule has 3 saturated carbocycles. The SMILES string of the molecule is C[C@@H]1C[C@H]2[C@@H]3CC(F)=C4CC(=O)C=C[C@]4(C)[C@@]3(F)[C@@H](O)C[C@]2(C)[C@@]1(OC(=O)OC1CCCC1)C(=O)O. The van der Waals surface area contributed by atoms with Crippen molar-refractivity contribution in [2.45, 2.75) is 95.6 Å². The van der Waals surface area contributed by atoms with Crippen LogP contribution in [0.25, 0.3) is 0 Å². The number of allylic oxidation sites excluding steroid dienone is 4. The predicted molar refractivity (Wildman–Crippen MR) is 123 cm³/mol. The number of ether oxygens (including phenoxy) is 2. The van der Waals surface area contributed by atoms with Crippen molar-refractivity contribution in [1.29, 1.82) is 0 Å². The number of ketones is 1. The van der Waals surface area contributed by atoms with Gasteiger partial charge >= 0.3 is 12.1 Å². The summed E-state index contributed by atoms with van der Waals surface area (Å²) < 4.78 is 43.9. The van der Waals surface area contributed by atoms with Crippen molar-refractivity contribution in [3.05, 3.63) is 23.6 Å². The maximum absolute atomic E-state index is 17.3. The number of carboxylic acid groups (broad SMARTS) is 1. The minimum absolute atomic E-state index is 0.0448. The number of carbonyl (C=O) groups excluding carboxylic acids is 2. The lowest BCUT2D eigenvalue weighted by Gasteiger charge is -2.61. The number of aliphatic hydroxyl groups excluding tert-OH is 1. The third-order valence-electron chi connectivity index (χ3n) is 10.3. The van der Waals surface area contributed by atoms with E-state index in [1.165, 1.54) is 19.1 Å². The summed E-state index contributed by atoms with van der Waals surface area (Å²) in [6, 6.07) is 0. The summed E-state index contributed by atoms with van der Waals surface area (Å²) in [4.78, 5) is 37.7. The zero-order chi connectivity index (χ0) is 26.3. The van der Waals surface area contributed by atoms with E-state index in [1.54, 1.807) is 13.8 Å². The van der Waals surface area contributed by atoms with Crippen LogP contribution in [-0.2, 0) is 19.1 Å². The largest absolute Gasteiger partial charge is 0.509 e. The Labute approximate surface area is 208 Å². The van der Waals surface area contributed by atoms with Crippen LogP contribution in [0.4, 0.5) is 13.6 Å². The average Bonchev–Trinajstić information content (AvgIpc) is 3.38. The van der Waals surface area contributed by atoms with Crippen molar-refractivity contribution in [1.82, 2.24) is 0 Å². The van der Waals surface area contributed by atoms with Gasteiger partial charge < -0.3 is 19.7 Å². The average molecular weight is 509 g/mol. The monoisotopic (exact) mass is 508 g/mol. The van der Waals surface area contributed by atoms with Crippen molar-refractivity contribution in [3.63, 3.8) is 0 Å². The molecule has 7 nitrogen and oxygen atoms in total. The number of halogens is 2. The van der Waals surface area contributed by atoms with Crippen molar-refractivity contribution >= 4 is 17.9 Å². The van der Waals surface area contributed by atoms with Gasteiger partial charge in [-0.15, -0.1) is 0 Å². The first-order valence-electron chi connectivity index (χ1n) is 12.9. The molecule has 0 amide bonds. The molecule has 5 aliphatic carbocycles. The summed E-state index contributed by atoms with van der Waals surface area (Å²) in [7, 11) is 0. The molecule has 0 spiro atoms. The van der Waals surface area contributed by atoms with Crippen LogP contribution < -0.4 is 0 Å². The van der Waals surface area contributed by atoms with E-state index in [2.05, 4.69) is 0 Å². The normalized spacial score (nSPS) is 46.2. The van der Waals surface area contributed by atoms with Crippen LogP contribution in [0.5, 0.6) is 0 Å². The Morgan fingerprint density at radius 2 is 1.83 bits per heavy atom. The second-order valence-electron chi connectivity index (χ2n) is 11.9. The number of carboxylic acids is 1. The van der Waals surface area contributed by atoms with E-state index in [9.17, 15) is 24.6 Å². The number of aliphatic hydroxyl groups is 1. The van der Waals surface area contributed by atoms with Gasteiger partial charge in [-0.3, -0.25) is 4.79 Å². The molecule has 2 N–H and O–H groups in total. The highest BCUT2D eigenvalue weighted by molar-refractivity contribution is 5.93. The van der Waals surface area contributed by atoms with E-state index in [0.717, 1.165) is 12.8 Å². The summed E-state index contributed by atoms with van der Waals surface area (Å²) in [5.74, 6) is -4.82. The Morgan fingerprint density at radius 3 is 2.47 bits per heavy atom. The molecule has 0 aliphatic heterocycles. The highest BCUT2D eigenvalue weighted by Crippen LogP contribution is 2.71. The highest BCUT2D eigenvalue weighted by Gasteiger charge is 2.78. The summed E-state index contributed by atoms with van der Waals surface area (Å²) in [6.45, 7) is 4.73. The van der Waals surface area contributed by atoms with Gasteiger partial charge in [0, 0.05) is 35.5 Å². The Hall–Kier alpha value is -2.29. The van der Waals surface area contributed by atoms with Gasteiger partial charge in [0.2, 0.25) is 5.60 Å². The number of hydrogen-bond donors (Lipinski definition) is 2. The standard InChI is InChI=1S/C27H34F2O7/c1-14-10-17-18-12-20(28)19-11-15(30)8-9-24(19,2)26(18,29)21(31)13-25(17,3)27(14,22(32)33)36-23(34)35-16-6-4-5-7-16/h8-9,14,16-18,21,31H,4-7,10-13H2,1-3H3,(H,32,33)/t14-,17+,18+,21+,24+,25+,26+,27+/m1/s1. The fraction of sp³-hybridized carbons (Fsp3) is 0.741. The van der Waals surface area contributed by atoms with Crippen LogP contribution in [0.1, 0.15) is 72.1 Å². The van der Waals surface area contributed by atoms with Gasteiger partial charge in [0.1, 0.15) is 11.9 Å². The van der Waals surface area contributed by atoms with Crippen LogP contribution in [0.3, 0.4) is 0 Å². The number of rotatable bonds is 3. The molecule has 0 aromatic carbocycles. The molecule has 0 radical (unpaired) electrons. The number of carbonyl (C=O) groups is 3. The third kappa shape index (κ3) is 3.07. The smallest absolute Gasteiger partial charge is 0.478 e. The molecule has 0 bridgehead atoms. The Bertz CT molecular complexity index is 1060. The van der Waals surface area contributed by atoms with Crippen molar-refractivity contribution < 1.29 is 42.9 Å². The number of aliphatic carboxylic acids is 1. The quantitative estimate of drug-likeness (QED) is 0.526. The topological polar surface area (TPSA) is 110 Å². The zero-order valence-electron chi connectivity index (χ0n) is 20.9. The summed E-state index contributed by atoms with van der Waals surface area (Å²) in [5.41, 5.74) is -7.28. The van der Waals surface area contributed by atoms with Gasteiger partial charge in [-0.2, -0.15) is 0 Å². The van der Waals surface area contributed by atoms with Gasteiger partial charge in [0.05, 0.1) is 6.10 Å². The van der Waals surface area contributed by atoms with E-state index in [0.29, 0.717) is 12.8 Å². The lowest BCUT2D eigenvalue weighted by atomic mass is 9.45. The van der Waals surface area contributed by atoms with Crippen LogP contribution in [0, 0.1) is 28.6 Å². The first-order valence-corrected chi connectivity index (χ1v) is 12.9. The van der Waals surface area contributed by atoms with Gasteiger partial charge in [0.15, 0.2) is 11.5 Å². The Morgan fingerprint density at radius 1 is 1.17 bits per heavy atom. The molecule has 8 atom stereocenters. The second-order valence-corrected chi connectivity index (χ2v) is 11.9. The van der Waals surface area contributed by atoms with Gasteiger partial charge in [-0.05, 0) is 63.0 Å². The number of hydrogen-bond acceptors (Lipinski definition) is 6. The molecule has 0 saturated heterocycles. The van der Waals surface area contributed by atoms with E-state index < -0.39 is 63.9 Å². The lowest BCUT2D eigenvalue weighted by molar-refractivity contribution is -0.226. The molecular formula is C27H34F2O7. The molecule has 9 heteroatoms. The van der Waals surface area contributed by atoms with Crippen LogP contribution in [0.15, 0.2) is 23.6 Å². The fourth-order valence-corrected chi connectivity index (χ4v) is 8.51. The molecule has 198 valence electrons. The van der Waals surface area contributed by atoms with Gasteiger partial charge in [-0.1, -0.05) is 19.9 Å². The maximum Gasteiger partial charge on any atom is 0.509 e. The predicted octanol–water partition coefficient (Wildman–Crippen LogP) is 4.82. The first-order chi connectivity index (χ1) is 16.8. The van der Waals surface area contributed by atoms with Crippen molar-refractivity contribution in [3.8, 4) is 0 Å². The van der Waals surface area contributed by atoms with E-state index in [-0.39, 0.29) is 43.1 Å². The zero-order valence-corrected chi connectivity index (χ0v) is 20.9. The molecule has 36 heavy (non-hydrogen) atoms. The fourth-order valence-electron chi connectivity index (χ4n) is 8.51. The summed E-state index contributed by atoms with van der Waals surface area (Å²) >= 11 is 0. The van der Waals surface area contributed by atoms with E-state index >= 15 is 8.78 Å². The number of alkyl halides is 1. The Kier molecular flexibility index (Phi) is 5.71. The lowest BCUT2D eigenvalue weighted by Crippen LogP contribution is -2.69. The molecule has 0 heterocycles. The molecular weight excluding hydrogens is 474 g/mol. The minimum Gasteiger partial charge on any atom is -0.478 e. The molecule has 0 unspecified atom stereocenters. The molecule has 5 rings (SSSR count). The number of fused-ring (bicyclic) bond motifs is 5. The molecule has 0 aromatic heterocycles. The molecule has 0 aromatic rings. The van der Waals surface area contributed by atoms with Crippen LogP contribution in [0.2, 0.25) is 0 Å². The first kappa shape index (κ1) is 25.4. The van der Waals surface area contributed by atoms with E-state index in [4.69, 9.17) is 9.47 Å². The second kappa shape index (κ2) is 8.10. The van der Waals surface area contributed by atoms with Gasteiger partial charge in [0.25, 0.3) is 0 Å². The van der Waals surface area contributed by atoms with Crippen LogP contribution >= 0.6 is 0 Å². The van der Waals surface area contributed by atoms with Gasteiger partial charge in [-0.25, -0.2) is 18.4 Å². The summed E-state index contributed by atoms with van der Waals surface area (Å²) in [6.07, 6.45) is 1.93. The third-order valence-corrected chi connectivity index (χ3v) is 10.3. The van der Waals surface area contributed by atoms with Crippen molar-refractivity contribution in [2.75, 3.05) is 0 Å². The van der Waals surface area contributed by atoms with E-state index in [1.807, 2.05) is 0 Å². The summed E-state index contributed by atoms with van der Waals surface area (Å²) in [5, 5.41) is 21.9. The van der Waals surface area contributed by atoms with Crippen LogP contribution in [-0.4, -0.2) is 51.6 Å². The molecule has 5 aliphatic rings. The maximum atomic E-state index is 17.3.